The van der Waals surface area contributed by atoms with Crippen molar-refractivity contribution in [3.8, 4) is 0 Å². The molecule has 0 unspecified atom stereocenters. The first-order chi connectivity index (χ1) is 8.35. The zero-order valence-corrected chi connectivity index (χ0v) is 13.2. The second-order valence-electron chi connectivity index (χ2n) is 7.37. The molecule has 0 amide bonds. The van der Waals surface area contributed by atoms with Crippen molar-refractivity contribution < 1.29 is 0 Å². The second-order valence-corrected chi connectivity index (χ2v) is 7.37. The van der Waals surface area contributed by atoms with Gasteiger partial charge in [-0.25, -0.2) is 0 Å². The van der Waals surface area contributed by atoms with E-state index >= 15 is 0 Å². The molecular weight excluding hydrogens is 220 g/mol. The molecule has 1 saturated heterocycles. The maximum atomic E-state index is 3.77. The standard InChI is InChI=1S/C16H34N2/c1-6-7-8-9-10-11-17-14-12-15(2,3)18-16(4,5)13-14/h14,17-18H,6-13H2,1-5H3. The molecule has 0 aliphatic carbocycles. The van der Waals surface area contributed by atoms with Gasteiger partial charge in [-0.2, -0.15) is 0 Å². The van der Waals surface area contributed by atoms with Gasteiger partial charge in [0.2, 0.25) is 0 Å². The Labute approximate surface area is 114 Å². The Morgan fingerprint density at radius 1 is 0.944 bits per heavy atom. The molecule has 2 N–H and O–H groups in total. The van der Waals surface area contributed by atoms with E-state index in [1.807, 2.05) is 0 Å². The third-order valence-electron chi connectivity index (χ3n) is 3.90. The average Bonchev–Trinajstić information content (AvgIpc) is 2.18. The van der Waals surface area contributed by atoms with Crippen molar-refractivity contribution in [1.82, 2.24) is 10.6 Å². The SMILES string of the molecule is CCCCCCCNC1CC(C)(C)NC(C)(C)C1. The van der Waals surface area contributed by atoms with Gasteiger partial charge in [0.25, 0.3) is 0 Å². The fourth-order valence-corrected chi connectivity index (χ4v) is 3.50. The predicted octanol–water partition coefficient (Wildman–Crippen LogP) is 3.86. The lowest BCUT2D eigenvalue weighted by Gasteiger charge is -2.46. The van der Waals surface area contributed by atoms with E-state index in [1.165, 1.54) is 51.5 Å². The first kappa shape index (κ1) is 16.0. The second kappa shape index (κ2) is 6.91. The Bertz CT molecular complexity index is 217. The fourth-order valence-electron chi connectivity index (χ4n) is 3.50. The van der Waals surface area contributed by atoms with E-state index in [1.54, 1.807) is 0 Å². The van der Waals surface area contributed by atoms with Gasteiger partial charge in [0.15, 0.2) is 0 Å². The van der Waals surface area contributed by atoms with Crippen LogP contribution in [0.2, 0.25) is 0 Å². The molecule has 108 valence electrons. The number of nitrogens with one attached hydrogen (secondary N) is 2. The average molecular weight is 254 g/mol. The smallest absolute Gasteiger partial charge is 0.0144 e. The van der Waals surface area contributed by atoms with Crippen molar-refractivity contribution in [2.75, 3.05) is 6.54 Å². The predicted molar refractivity (Wildman–Crippen MR) is 81.1 cm³/mol. The van der Waals surface area contributed by atoms with Crippen LogP contribution in [0.5, 0.6) is 0 Å². The summed E-state index contributed by atoms with van der Waals surface area (Å²) in [6.07, 6.45) is 9.35. The summed E-state index contributed by atoms with van der Waals surface area (Å²) < 4.78 is 0. The minimum absolute atomic E-state index is 0.266. The van der Waals surface area contributed by atoms with Crippen LogP contribution in [0.15, 0.2) is 0 Å². The highest BCUT2D eigenvalue weighted by Gasteiger charge is 2.37. The van der Waals surface area contributed by atoms with Gasteiger partial charge < -0.3 is 10.6 Å². The van der Waals surface area contributed by atoms with Gasteiger partial charge in [0.1, 0.15) is 0 Å². The number of hydrogen-bond donors (Lipinski definition) is 2. The van der Waals surface area contributed by atoms with Crippen LogP contribution in [-0.4, -0.2) is 23.7 Å². The summed E-state index contributed by atoms with van der Waals surface area (Å²) in [6.45, 7) is 12.8. The lowest BCUT2D eigenvalue weighted by Crippen LogP contribution is -2.61. The summed E-state index contributed by atoms with van der Waals surface area (Å²) in [7, 11) is 0. The Balaban J connectivity index is 2.21. The molecular formula is C16H34N2. The van der Waals surface area contributed by atoms with Crippen molar-refractivity contribution >= 4 is 0 Å². The number of hydrogen-bond acceptors (Lipinski definition) is 2. The zero-order valence-electron chi connectivity index (χ0n) is 13.2. The quantitative estimate of drug-likeness (QED) is 0.674. The highest BCUT2D eigenvalue weighted by atomic mass is 15.1. The Morgan fingerprint density at radius 3 is 2.06 bits per heavy atom. The van der Waals surface area contributed by atoms with E-state index in [4.69, 9.17) is 0 Å². The van der Waals surface area contributed by atoms with Crippen LogP contribution >= 0.6 is 0 Å². The fraction of sp³-hybridized carbons (Fsp3) is 1.00. The summed E-state index contributed by atoms with van der Waals surface area (Å²) in [5, 5.41) is 7.51. The van der Waals surface area contributed by atoms with Gasteiger partial charge in [-0.1, -0.05) is 32.6 Å². The molecule has 0 aromatic heterocycles. The Morgan fingerprint density at radius 2 is 1.50 bits per heavy atom. The molecule has 0 bridgehead atoms. The molecule has 2 nitrogen and oxygen atoms in total. The third-order valence-corrected chi connectivity index (χ3v) is 3.90. The number of rotatable bonds is 7. The summed E-state index contributed by atoms with van der Waals surface area (Å²) in [5.41, 5.74) is 0.531. The summed E-state index contributed by atoms with van der Waals surface area (Å²) in [5.74, 6) is 0. The van der Waals surface area contributed by atoms with E-state index in [-0.39, 0.29) is 11.1 Å². The molecule has 0 saturated carbocycles. The number of unbranched alkanes of at least 4 members (excludes halogenated alkanes) is 4. The molecule has 1 aliphatic rings. The normalized spacial score (nSPS) is 23.2. The molecule has 0 aromatic carbocycles. The van der Waals surface area contributed by atoms with Crippen molar-refractivity contribution in [2.45, 2.75) is 96.7 Å². The van der Waals surface area contributed by atoms with Gasteiger partial charge in [-0.15, -0.1) is 0 Å². The van der Waals surface area contributed by atoms with Crippen molar-refractivity contribution in [3.05, 3.63) is 0 Å². The molecule has 18 heavy (non-hydrogen) atoms. The molecule has 1 fully saturated rings. The maximum Gasteiger partial charge on any atom is 0.0144 e. The lowest BCUT2D eigenvalue weighted by molar-refractivity contribution is 0.146. The first-order valence-electron chi connectivity index (χ1n) is 7.87. The summed E-state index contributed by atoms with van der Waals surface area (Å²) in [4.78, 5) is 0. The molecule has 0 radical (unpaired) electrons. The van der Waals surface area contributed by atoms with Gasteiger partial charge in [0.05, 0.1) is 0 Å². The highest BCUT2D eigenvalue weighted by molar-refractivity contribution is 4.99. The van der Waals surface area contributed by atoms with E-state index in [0.717, 1.165) is 0 Å². The van der Waals surface area contributed by atoms with Gasteiger partial charge in [0, 0.05) is 17.1 Å². The molecule has 0 spiro atoms. The van der Waals surface area contributed by atoms with E-state index in [0.29, 0.717) is 6.04 Å². The van der Waals surface area contributed by atoms with Gasteiger partial charge in [-0.05, 0) is 53.5 Å². The van der Waals surface area contributed by atoms with Crippen LogP contribution in [0, 0.1) is 0 Å². The molecule has 0 aromatic rings. The van der Waals surface area contributed by atoms with Crippen molar-refractivity contribution in [1.29, 1.82) is 0 Å². The first-order valence-corrected chi connectivity index (χ1v) is 7.87. The Hall–Kier alpha value is -0.0800. The molecule has 2 heteroatoms. The molecule has 0 atom stereocenters. The van der Waals surface area contributed by atoms with E-state index in [2.05, 4.69) is 45.3 Å². The minimum atomic E-state index is 0.266. The van der Waals surface area contributed by atoms with E-state index in [9.17, 15) is 0 Å². The largest absolute Gasteiger partial charge is 0.314 e. The number of piperidine rings is 1. The summed E-state index contributed by atoms with van der Waals surface area (Å²) in [6, 6.07) is 0.683. The van der Waals surface area contributed by atoms with Crippen LogP contribution in [0.25, 0.3) is 0 Å². The lowest BCUT2D eigenvalue weighted by atomic mass is 9.79. The zero-order chi connectivity index (χ0) is 13.6. The monoisotopic (exact) mass is 254 g/mol. The van der Waals surface area contributed by atoms with Crippen LogP contribution in [-0.2, 0) is 0 Å². The van der Waals surface area contributed by atoms with Crippen molar-refractivity contribution in [3.63, 3.8) is 0 Å². The van der Waals surface area contributed by atoms with Crippen LogP contribution in [0.4, 0.5) is 0 Å². The highest BCUT2D eigenvalue weighted by Crippen LogP contribution is 2.28. The van der Waals surface area contributed by atoms with E-state index < -0.39 is 0 Å². The maximum absolute atomic E-state index is 3.77. The molecule has 1 rings (SSSR count). The van der Waals surface area contributed by atoms with Crippen LogP contribution in [0.3, 0.4) is 0 Å². The Kier molecular flexibility index (Phi) is 6.13. The summed E-state index contributed by atoms with van der Waals surface area (Å²) >= 11 is 0. The minimum Gasteiger partial charge on any atom is -0.314 e. The van der Waals surface area contributed by atoms with Crippen LogP contribution < -0.4 is 10.6 Å². The van der Waals surface area contributed by atoms with Gasteiger partial charge in [-0.3, -0.25) is 0 Å². The van der Waals surface area contributed by atoms with Crippen LogP contribution in [0.1, 0.15) is 79.6 Å². The molecule has 1 heterocycles. The topological polar surface area (TPSA) is 24.1 Å². The van der Waals surface area contributed by atoms with Gasteiger partial charge >= 0.3 is 0 Å². The third kappa shape index (κ3) is 6.19. The molecule has 1 aliphatic heterocycles. The van der Waals surface area contributed by atoms with Crippen molar-refractivity contribution in [2.24, 2.45) is 0 Å².